The second-order valence-electron chi connectivity index (χ2n) is 0.184. The summed E-state index contributed by atoms with van der Waals surface area (Å²) < 4.78 is 9.09. The molecule has 5 heavy (non-hydrogen) atoms. The molecule has 0 aromatic heterocycles. The van der Waals surface area contributed by atoms with Gasteiger partial charge in [0, 0.05) is 0 Å². The molecule has 0 atom stereocenters. The number of hydrogen-bond acceptors (Lipinski definition) is 1. The van der Waals surface area contributed by atoms with Gasteiger partial charge in [0.1, 0.15) is 0 Å². The van der Waals surface area contributed by atoms with Gasteiger partial charge in [-0.15, -0.1) is 0 Å². The first-order valence-electron chi connectivity index (χ1n) is 0.475. The molecule has 0 unspecified atom stereocenters. The summed E-state index contributed by atoms with van der Waals surface area (Å²) in [6.45, 7) is 0. The van der Waals surface area contributed by atoms with E-state index in [1.165, 1.54) is 0 Å². The van der Waals surface area contributed by atoms with E-state index in [0.717, 1.165) is 0 Å². The molecule has 0 spiro atoms. The zero-order chi connectivity index (χ0) is 3.58. The predicted molar refractivity (Wildman–Crippen MR) is 27.8 cm³/mol. The molecule has 0 aliphatic rings. The molecule has 30 valence electrons. The molecule has 0 fully saturated rings. The fraction of sp³-hybridized carbons (Fsp3) is 0. The van der Waals surface area contributed by atoms with Gasteiger partial charge in [0.2, 0.25) is 0 Å². The van der Waals surface area contributed by atoms with Crippen molar-refractivity contribution < 1.29 is 7.41 Å². The molecule has 0 aromatic rings. The van der Waals surface area contributed by atoms with Crippen LogP contribution in [0.1, 0.15) is 2.85 Å². The molecule has 0 heterocycles. The van der Waals surface area contributed by atoms with Gasteiger partial charge in [0.25, 0.3) is 0 Å². The largest absolute Gasteiger partial charge is 2.00 e. The van der Waals surface area contributed by atoms with Crippen LogP contribution in [-0.4, -0.2) is 27.6 Å². The molecule has 0 radical (unpaired) electrons. The Hall–Kier alpha value is 1.66. The minimum absolute atomic E-state index is 0. The summed E-state index contributed by atoms with van der Waals surface area (Å²) in [5.41, 5.74) is 0. The molecule has 0 amide bonds. The predicted octanol–water partition coefficient (Wildman–Crippen LogP) is 0.887. The fourth-order valence-corrected chi connectivity index (χ4v) is 0. The fourth-order valence-electron chi connectivity index (χ4n) is 0. The van der Waals surface area contributed by atoms with E-state index >= 15 is 0 Å². The van der Waals surface area contributed by atoms with Gasteiger partial charge in [0.05, 0.1) is 0 Å². The Morgan fingerprint density at radius 3 is 1.60 bits per heavy atom. The van der Waals surface area contributed by atoms with Gasteiger partial charge in [0.15, 0.2) is 31.0 Å². The van der Waals surface area contributed by atoms with Gasteiger partial charge in [-0.1, -0.05) is 0 Å². The van der Waals surface area contributed by atoms with E-state index in [4.69, 9.17) is 4.55 Å². The molecular weight excluding hydrogens is 143 g/mol. The Morgan fingerprint density at radius 2 is 1.60 bits per heavy atom. The first-order valence-corrected chi connectivity index (χ1v) is 3.28. The van der Waals surface area contributed by atoms with Crippen molar-refractivity contribution in [3.8, 4) is 0 Å². The SMILES string of the molecule is [H-].[H-].[Mg+2].[O-][S+](Cl)Cl. The van der Waals surface area contributed by atoms with E-state index in [1.54, 1.807) is 0 Å². The molecule has 0 bridgehead atoms. The molecule has 1 nitrogen and oxygen atoms in total. The summed E-state index contributed by atoms with van der Waals surface area (Å²) >= 11 is 0. The van der Waals surface area contributed by atoms with Gasteiger partial charge in [-0.3, -0.25) is 0 Å². The maximum atomic E-state index is 9.09. The molecule has 0 saturated heterocycles. The van der Waals surface area contributed by atoms with Crippen molar-refractivity contribution in [1.82, 2.24) is 0 Å². The third-order valence-electron chi connectivity index (χ3n) is 0. The van der Waals surface area contributed by atoms with Crippen LogP contribution in [0.15, 0.2) is 0 Å². The van der Waals surface area contributed by atoms with Crippen molar-refractivity contribution in [3.05, 3.63) is 0 Å². The number of halogens is 2. The summed E-state index contributed by atoms with van der Waals surface area (Å²) in [6, 6.07) is 0. The normalized spacial score (nSPS) is 7.20. The van der Waals surface area contributed by atoms with Crippen LogP contribution in [-0.2, 0) is 9.60 Å². The van der Waals surface area contributed by atoms with E-state index in [1.807, 2.05) is 0 Å². The van der Waals surface area contributed by atoms with Crippen molar-refractivity contribution >= 4 is 54.0 Å². The van der Waals surface area contributed by atoms with Crippen molar-refractivity contribution in [2.75, 3.05) is 0 Å². The second-order valence-corrected chi connectivity index (χ2v) is 2.71. The third-order valence-corrected chi connectivity index (χ3v) is 0. The minimum Gasteiger partial charge on any atom is -1.00 e. The zero-order valence-electron chi connectivity index (χ0n) is 4.28. The second kappa shape index (κ2) is 5.66. The summed E-state index contributed by atoms with van der Waals surface area (Å²) in [5.74, 6) is 0. The van der Waals surface area contributed by atoms with E-state index in [0.29, 0.717) is 0 Å². The maximum absolute atomic E-state index is 9.09. The molecule has 0 aliphatic carbocycles. The number of hydrogen-bond donors (Lipinski definition) is 0. The average molecular weight is 145 g/mol. The molecule has 0 N–H and O–H groups in total. The van der Waals surface area contributed by atoms with E-state index in [9.17, 15) is 0 Å². The van der Waals surface area contributed by atoms with Crippen LogP contribution in [0.3, 0.4) is 0 Å². The number of rotatable bonds is 0. The monoisotopic (exact) mass is 144 g/mol. The summed E-state index contributed by atoms with van der Waals surface area (Å²) in [6.07, 6.45) is 0. The molecule has 5 heteroatoms. The molecule has 0 aliphatic heterocycles. The maximum Gasteiger partial charge on any atom is 2.00 e. The summed E-state index contributed by atoms with van der Waals surface area (Å²) in [7, 11) is 7.36. The topological polar surface area (TPSA) is 23.1 Å². The Bertz CT molecular complexity index is 20.4. The standard InChI is InChI=1S/Cl2OS.Mg.2H/c1-4(2)3;;;/q;+2;2*-1. The first kappa shape index (κ1) is 9.82. The van der Waals surface area contributed by atoms with Crippen molar-refractivity contribution in [3.63, 3.8) is 0 Å². The Morgan fingerprint density at radius 1 is 1.60 bits per heavy atom. The van der Waals surface area contributed by atoms with E-state index < -0.39 is 9.60 Å². The van der Waals surface area contributed by atoms with Crippen LogP contribution in [0.25, 0.3) is 0 Å². The van der Waals surface area contributed by atoms with Crippen molar-refractivity contribution in [2.24, 2.45) is 0 Å². The van der Waals surface area contributed by atoms with Crippen LogP contribution < -0.4 is 0 Å². The van der Waals surface area contributed by atoms with Gasteiger partial charge < -0.3 is 7.41 Å². The van der Waals surface area contributed by atoms with Crippen LogP contribution in [0.5, 0.6) is 0 Å². The van der Waals surface area contributed by atoms with E-state index in [2.05, 4.69) is 21.4 Å². The summed E-state index contributed by atoms with van der Waals surface area (Å²) in [5, 5.41) is 0. The smallest absolute Gasteiger partial charge is 1.00 e. The average Bonchev–Trinajstić information content (AvgIpc) is 0.811. The Kier molecular flexibility index (Phi) is 11.1. The van der Waals surface area contributed by atoms with Gasteiger partial charge in [-0.2, -0.15) is 0 Å². The van der Waals surface area contributed by atoms with Gasteiger partial charge >= 0.3 is 23.1 Å². The van der Waals surface area contributed by atoms with Crippen LogP contribution in [0.2, 0.25) is 0 Å². The molecular formula is H2Cl2MgOS. The van der Waals surface area contributed by atoms with Crippen LogP contribution >= 0.6 is 21.4 Å². The summed E-state index contributed by atoms with van der Waals surface area (Å²) in [4.78, 5) is 0. The third kappa shape index (κ3) is 27.6. The minimum atomic E-state index is -1.67. The quantitative estimate of drug-likeness (QED) is 0.367. The Labute approximate surface area is 61.3 Å². The van der Waals surface area contributed by atoms with Gasteiger partial charge in [-0.05, 0) is 0 Å². The Balaban J connectivity index is -0.0000000150. The van der Waals surface area contributed by atoms with Crippen LogP contribution in [0, 0.1) is 0 Å². The van der Waals surface area contributed by atoms with Crippen molar-refractivity contribution in [1.29, 1.82) is 0 Å². The molecule has 0 rings (SSSR count). The van der Waals surface area contributed by atoms with Gasteiger partial charge in [-0.25, -0.2) is 0 Å². The van der Waals surface area contributed by atoms with E-state index in [-0.39, 0.29) is 25.9 Å². The molecule has 0 saturated carbocycles. The van der Waals surface area contributed by atoms with Crippen molar-refractivity contribution in [2.45, 2.75) is 0 Å². The molecule has 0 aromatic carbocycles. The van der Waals surface area contributed by atoms with Crippen LogP contribution in [0.4, 0.5) is 0 Å². The first-order chi connectivity index (χ1) is 1.73. The zero-order valence-corrected chi connectivity index (χ0v) is 6.02.